The van der Waals surface area contributed by atoms with Crippen molar-refractivity contribution in [3.05, 3.63) is 36.7 Å². The molecule has 0 radical (unpaired) electrons. The van der Waals surface area contributed by atoms with Crippen LogP contribution in [0.3, 0.4) is 0 Å². The molecule has 0 aromatic carbocycles. The Balaban J connectivity index is 5.88. The summed E-state index contributed by atoms with van der Waals surface area (Å²) in [4.78, 5) is 11.8. The highest BCUT2D eigenvalue weighted by molar-refractivity contribution is 6.92. The van der Waals surface area contributed by atoms with Crippen LogP contribution in [0, 0.1) is 0 Å². The SMILES string of the molecule is C=C[Si](C)(C)O[Si](C)(C)O[Si](C)(CCCOC(=O)C(=C)C)O[Si](C)(CCCN)O[Si](C)(C)C=C. The second-order valence-corrected chi connectivity index (χ2v) is 29.4. The predicted octanol–water partition coefficient (Wildman–Crippen LogP) is 5.62. The van der Waals surface area contributed by atoms with Crippen molar-refractivity contribution >= 4 is 48.3 Å². The molecule has 0 aromatic heterocycles. The van der Waals surface area contributed by atoms with E-state index in [4.69, 9.17) is 26.9 Å². The van der Waals surface area contributed by atoms with Crippen molar-refractivity contribution in [1.82, 2.24) is 0 Å². The third-order valence-electron chi connectivity index (χ3n) is 5.06. The molecule has 0 aliphatic rings. The van der Waals surface area contributed by atoms with Gasteiger partial charge in [-0.15, -0.1) is 13.2 Å². The van der Waals surface area contributed by atoms with Gasteiger partial charge < -0.3 is 26.9 Å². The highest BCUT2D eigenvalue weighted by Crippen LogP contribution is 2.32. The van der Waals surface area contributed by atoms with Gasteiger partial charge in [0.25, 0.3) is 0 Å². The Hall–Kier alpha value is -0.426. The molecule has 0 bridgehead atoms. The minimum Gasteiger partial charge on any atom is -0.462 e. The molecule has 2 unspecified atom stereocenters. The number of hydrogen-bond acceptors (Lipinski definition) is 7. The quantitative estimate of drug-likeness (QED) is 0.100. The summed E-state index contributed by atoms with van der Waals surface area (Å²) in [5, 5.41) is 0. The van der Waals surface area contributed by atoms with Crippen molar-refractivity contribution < 1.29 is 26.0 Å². The van der Waals surface area contributed by atoms with Crippen LogP contribution in [-0.4, -0.2) is 61.4 Å². The number of ether oxygens (including phenoxy) is 1. The van der Waals surface area contributed by atoms with Crippen molar-refractivity contribution in [3.8, 4) is 0 Å². The summed E-state index contributed by atoms with van der Waals surface area (Å²) in [7, 11) is -12.2. The fourth-order valence-corrected chi connectivity index (χ4v) is 26.5. The molecule has 0 aliphatic heterocycles. The number of carbonyl (C=O) groups excluding carboxylic acids is 1. The molecule has 0 amide bonds. The average Bonchev–Trinajstić information content (AvgIpc) is 2.67. The van der Waals surface area contributed by atoms with E-state index in [-0.39, 0.29) is 12.6 Å². The highest BCUT2D eigenvalue weighted by atomic mass is 28.5. The summed E-state index contributed by atoms with van der Waals surface area (Å²) in [5.74, 6) is -0.383. The monoisotopic (exact) mass is 563 g/mol. The van der Waals surface area contributed by atoms with Crippen LogP contribution >= 0.6 is 0 Å². The third kappa shape index (κ3) is 13.6. The Morgan fingerprint density at radius 2 is 1.26 bits per heavy atom. The molecule has 0 saturated heterocycles. The van der Waals surface area contributed by atoms with Gasteiger partial charge in [-0.25, -0.2) is 4.79 Å². The number of carbonyl (C=O) groups is 1. The topological polar surface area (TPSA) is 89.2 Å². The van der Waals surface area contributed by atoms with Crippen LogP contribution in [0.15, 0.2) is 36.7 Å². The van der Waals surface area contributed by atoms with E-state index in [1.54, 1.807) is 6.92 Å². The predicted molar refractivity (Wildman–Crippen MR) is 154 cm³/mol. The Morgan fingerprint density at radius 1 is 0.794 bits per heavy atom. The van der Waals surface area contributed by atoms with E-state index >= 15 is 0 Å². The minimum absolute atomic E-state index is 0.283. The molecule has 0 saturated carbocycles. The smallest absolute Gasteiger partial charge is 0.333 e. The Kier molecular flexibility index (Phi) is 13.6. The van der Waals surface area contributed by atoms with Crippen molar-refractivity contribution in [2.24, 2.45) is 5.73 Å². The summed E-state index contributed by atoms with van der Waals surface area (Å²) >= 11 is 0. The maximum absolute atomic E-state index is 11.8. The first-order valence-corrected chi connectivity index (χ1v) is 25.8. The van der Waals surface area contributed by atoms with E-state index in [9.17, 15) is 4.79 Å². The first-order valence-electron chi connectivity index (χ1n) is 11.9. The first-order chi connectivity index (χ1) is 15.3. The zero-order chi connectivity index (χ0) is 26.8. The molecule has 0 spiro atoms. The van der Waals surface area contributed by atoms with Crippen LogP contribution in [0.4, 0.5) is 0 Å². The highest BCUT2D eigenvalue weighted by Gasteiger charge is 2.49. The molecule has 0 heterocycles. The van der Waals surface area contributed by atoms with Gasteiger partial charge in [-0.2, -0.15) is 0 Å². The normalized spacial score (nSPS) is 16.3. The van der Waals surface area contributed by atoms with E-state index in [1.165, 1.54) is 0 Å². The van der Waals surface area contributed by atoms with Crippen molar-refractivity contribution in [2.75, 3.05) is 13.2 Å². The van der Waals surface area contributed by atoms with Crippen LogP contribution < -0.4 is 5.73 Å². The van der Waals surface area contributed by atoms with E-state index in [2.05, 4.69) is 72.1 Å². The number of nitrogens with two attached hydrogens (primary N) is 1. The number of hydrogen-bond donors (Lipinski definition) is 1. The van der Waals surface area contributed by atoms with Crippen molar-refractivity contribution in [1.29, 1.82) is 0 Å². The molecule has 0 fully saturated rings. The van der Waals surface area contributed by atoms with Crippen LogP contribution in [0.25, 0.3) is 0 Å². The summed E-state index contributed by atoms with van der Waals surface area (Å²) in [6, 6.07) is 1.43. The van der Waals surface area contributed by atoms with Gasteiger partial charge in [-0.3, -0.25) is 0 Å². The molecular formula is C22H49NO6Si5. The number of rotatable bonds is 18. The minimum atomic E-state index is -2.80. The molecular weight excluding hydrogens is 515 g/mol. The van der Waals surface area contributed by atoms with Gasteiger partial charge in [0.15, 0.2) is 16.6 Å². The van der Waals surface area contributed by atoms with Crippen molar-refractivity contribution in [3.63, 3.8) is 0 Å². The van der Waals surface area contributed by atoms with E-state index in [0.717, 1.165) is 12.5 Å². The maximum Gasteiger partial charge on any atom is 0.333 e. The van der Waals surface area contributed by atoms with E-state index < -0.39 is 42.3 Å². The summed E-state index contributed by atoms with van der Waals surface area (Å²) in [6.07, 6.45) is 1.44. The lowest BCUT2D eigenvalue weighted by Crippen LogP contribution is -2.60. The standard InChI is InChI=1S/C22H49NO6Si5/c1-13-30(5,6)26-32(9,10)28-34(12,20-16-18-25-22(24)21(3)4)29-33(11,19-15-17-23)27-31(7,8)14-2/h13-14H,1-3,15-20,23H2,4-12H3. The molecule has 0 rings (SSSR count). The number of esters is 1. The van der Waals surface area contributed by atoms with Gasteiger partial charge in [0.2, 0.25) is 0 Å². The largest absolute Gasteiger partial charge is 0.462 e. The zero-order valence-corrected chi connectivity index (χ0v) is 28.0. The van der Waals surface area contributed by atoms with Crippen LogP contribution in [0.1, 0.15) is 19.8 Å². The Morgan fingerprint density at radius 3 is 1.74 bits per heavy atom. The van der Waals surface area contributed by atoms with Gasteiger partial charge in [-0.05, 0) is 90.8 Å². The van der Waals surface area contributed by atoms with E-state index in [0.29, 0.717) is 24.6 Å². The van der Waals surface area contributed by atoms with Crippen LogP contribution in [0.2, 0.25) is 64.5 Å². The van der Waals surface area contributed by atoms with Crippen molar-refractivity contribution in [2.45, 2.75) is 84.2 Å². The lowest BCUT2D eigenvalue weighted by Gasteiger charge is -2.44. The summed E-state index contributed by atoms with van der Waals surface area (Å²) in [6.45, 7) is 30.8. The second kappa shape index (κ2) is 13.8. The maximum atomic E-state index is 11.8. The molecule has 7 nitrogen and oxygen atoms in total. The van der Waals surface area contributed by atoms with Gasteiger partial charge in [-0.1, -0.05) is 18.0 Å². The Labute approximate surface area is 213 Å². The molecule has 2 N–H and O–H groups in total. The molecule has 12 heteroatoms. The summed E-state index contributed by atoms with van der Waals surface area (Å²) < 4.78 is 32.3. The molecule has 2 atom stereocenters. The summed E-state index contributed by atoms with van der Waals surface area (Å²) in [5.41, 5.74) is 10.1. The fourth-order valence-electron chi connectivity index (χ4n) is 3.62. The van der Waals surface area contributed by atoms with Gasteiger partial charge in [0.05, 0.1) is 6.61 Å². The molecule has 0 aliphatic carbocycles. The molecule has 34 heavy (non-hydrogen) atoms. The third-order valence-corrected chi connectivity index (χ3v) is 24.6. The average molecular weight is 564 g/mol. The molecule has 198 valence electrons. The first kappa shape index (κ1) is 33.6. The lowest BCUT2D eigenvalue weighted by atomic mass is 10.4. The van der Waals surface area contributed by atoms with Gasteiger partial charge in [0.1, 0.15) is 0 Å². The Bertz CT molecular complexity index is 718. The second-order valence-electron chi connectivity index (χ2n) is 10.6. The van der Waals surface area contributed by atoms with Crippen LogP contribution in [-0.2, 0) is 26.0 Å². The lowest BCUT2D eigenvalue weighted by molar-refractivity contribution is -0.138. The van der Waals surface area contributed by atoms with Gasteiger partial charge in [0, 0.05) is 5.57 Å². The zero-order valence-electron chi connectivity index (χ0n) is 23.0. The van der Waals surface area contributed by atoms with Gasteiger partial charge >= 0.3 is 31.7 Å². The van der Waals surface area contributed by atoms with E-state index in [1.807, 2.05) is 11.4 Å². The fraction of sp³-hybridized carbons (Fsp3) is 0.682. The van der Waals surface area contributed by atoms with Crippen LogP contribution in [0.5, 0.6) is 0 Å². The molecule has 0 aromatic rings.